The van der Waals surface area contributed by atoms with Gasteiger partial charge in [0, 0.05) is 30.9 Å². The molecule has 0 spiro atoms. The van der Waals surface area contributed by atoms with E-state index in [2.05, 4.69) is 41.6 Å². The molecule has 152 valence electrons. The second kappa shape index (κ2) is 10.1. The number of likely N-dealkylation sites (N-methyl/N-ethyl adjacent to an activating group) is 1. The van der Waals surface area contributed by atoms with E-state index in [1.54, 1.807) is 37.4 Å². The normalized spacial score (nSPS) is 11.8. The maximum absolute atomic E-state index is 11.9. The summed E-state index contributed by atoms with van der Waals surface area (Å²) in [6.45, 7) is 5.76. The third-order valence-electron chi connectivity index (χ3n) is 4.43. The summed E-state index contributed by atoms with van der Waals surface area (Å²) >= 11 is 1.68. The zero-order valence-corrected chi connectivity index (χ0v) is 18.1. The van der Waals surface area contributed by atoms with Gasteiger partial charge in [-0.05, 0) is 29.1 Å². The van der Waals surface area contributed by atoms with E-state index in [9.17, 15) is 4.79 Å². The van der Waals surface area contributed by atoms with Crippen molar-refractivity contribution in [1.29, 1.82) is 0 Å². The first-order valence-corrected chi connectivity index (χ1v) is 10.1. The molecule has 1 aromatic carbocycles. The number of thiophene rings is 1. The molecule has 2 rings (SSSR count). The van der Waals surface area contributed by atoms with Gasteiger partial charge in [0.25, 0.3) is 0 Å². The summed E-state index contributed by atoms with van der Waals surface area (Å²) in [4.78, 5) is 19.1. The second-order valence-corrected chi connectivity index (χ2v) is 8.39. The number of rotatable bonds is 8. The summed E-state index contributed by atoms with van der Waals surface area (Å²) in [5, 5.41) is 8.75. The third-order valence-corrected chi connectivity index (χ3v) is 5.31. The SMILES string of the molecule is COc1cccc(C(C)(C)CNC(=NCC(=O)N(C)C)NCc2cccs2)c1. The smallest absolute Gasteiger partial charge is 0.243 e. The van der Waals surface area contributed by atoms with E-state index in [1.807, 2.05) is 29.6 Å². The number of carbonyl (C=O) groups excluding carboxylic acids is 1. The number of ether oxygens (including phenoxy) is 1. The molecule has 0 unspecified atom stereocenters. The summed E-state index contributed by atoms with van der Waals surface area (Å²) in [5.74, 6) is 1.43. The van der Waals surface area contributed by atoms with E-state index in [1.165, 1.54) is 10.4 Å². The average Bonchev–Trinajstić information content (AvgIpc) is 3.20. The topological polar surface area (TPSA) is 66.0 Å². The van der Waals surface area contributed by atoms with Gasteiger partial charge in [0.1, 0.15) is 12.3 Å². The minimum atomic E-state index is -0.147. The van der Waals surface area contributed by atoms with Crippen LogP contribution in [0.15, 0.2) is 46.8 Å². The summed E-state index contributed by atoms with van der Waals surface area (Å²) < 4.78 is 5.35. The number of hydrogen-bond acceptors (Lipinski definition) is 4. The van der Waals surface area contributed by atoms with Crippen LogP contribution in [-0.2, 0) is 16.8 Å². The van der Waals surface area contributed by atoms with Crippen LogP contribution in [0.4, 0.5) is 0 Å². The number of amides is 1. The molecule has 1 heterocycles. The predicted molar refractivity (Wildman–Crippen MR) is 116 cm³/mol. The van der Waals surface area contributed by atoms with Gasteiger partial charge in [-0.1, -0.05) is 32.0 Å². The molecule has 2 N–H and O–H groups in total. The number of aliphatic imine (C=N–C) groups is 1. The molecule has 0 saturated heterocycles. The summed E-state index contributed by atoms with van der Waals surface area (Å²) in [5.41, 5.74) is 1.02. The van der Waals surface area contributed by atoms with Gasteiger partial charge in [0.15, 0.2) is 5.96 Å². The maximum atomic E-state index is 11.9. The molecule has 1 amide bonds. The van der Waals surface area contributed by atoms with E-state index in [0.717, 1.165) is 5.75 Å². The van der Waals surface area contributed by atoms with Crippen molar-refractivity contribution in [2.45, 2.75) is 25.8 Å². The number of nitrogens with zero attached hydrogens (tertiary/aromatic N) is 2. The van der Waals surface area contributed by atoms with E-state index in [4.69, 9.17) is 4.74 Å². The van der Waals surface area contributed by atoms with Crippen LogP contribution in [-0.4, -0.2) is 51.1 Å². The zero-order chi connectivity index (χ0) is 20.6. The van der Waals surface area contributed by atoms with Crippen LogP contribution < -0.4 is 15.4 Å². The van der Waals surface area contributed by atoms with Crippen molar-refractivity contribution in [3.63, 3.8) is 0 Å². The van der Waals surface area contributed by atoms with Crippen LogP contribution in [0.1, 0.15) is 24.3 Å². The highest BCUT2D eigenvalue weighted by Gasteiger charge is 2.21. The van der Waals surface area contributed by atoms with Crippen molar-refractivity contribution >= 4 is 23.2 Å². The van der Waals surface area contributed by atoms with Crippen molar-refractivity contribution in [1.82, 2.24) is 15.5 Å². The van der Waals surface area contributed by atoms with Crippen LogP contribution in [0.2, 0.25) is 0 Å². The van der Waals surface area contributed by atoms with Gasteiger partial charge in [-0.2, -0.15) is 0 Å². The largest absolute Gasteiger partial charge is 0.497 e. The zero-order valence-electron chi connectivity index (χ0n) is 17.3. The minimum absolute atomic E-state index is 0.0377. The van der Waals surface area contributed by atoms with Crippen LogP contribution in [0.5, 0.6) is 5.75 Å². The summed E-state index contributed by atoms with van der Waals surface area (Å²) in [7, 11) is 5.14. The molecule has 7 heteroatoms. The Balaban J connectivity index is 2.06. The quantitative estimate of drug-likeness (QED) is 0.526. The lowest BCUT2D eigenvalue weighted by Gasteiger charge is -2.27. The average molecular weight is 403 g/mol. The van der Waals surface area contributed by atoms with Crippen molar-refractivity contribution in [2.75, 3.05) is 34.3 Å². The van der Waals surface area contributed by atoms with Crippen molar-refractivity contribution in [3.8, 4) is 5.75 Å². The van der Waals surface area contributed by atoms with Gasteiger partial charge in [-0.15, -0.1) is 11.3 Å². The van der Waals surface area contributed by atoms with Gasteiger partial charge in [-0.3, -0.25) is 4.79 Å². The fourth-order valence-electron chi connectivity index (χ4n) is 2.50. The standard InChI is InChI=1S/C21H30N4O2S/c1-21(2,16-8-6-9-17(12-16)27-5)15-24-20(23-14-19(26)25(3)4)22-13-18-10-7-11-28-18/h6-12H,13-15H2,1-5H3,(H2,22,23,24). The molecule has 0 aliphatic heterocycles. The van der Waals surface area contributed by atoms with Crippen molar-refractivity contribution in [3.05, 3.63) is 52.2 Å². The Labute approximate surface area is 171 Å². The Morgan fingerprint density at radius 2 is 2.00 bits per heavy atom. The first-order valence-electron chi connectivity index (χ1n) is 9.21. The van der Waals surface area contributed by atoms with E-state index in [-0.39, 0.29) is 17.9 Å². The van der Waals surface area contributed by atoms with E-state index < -0.39 is 0 Å². The highest BCUT2D eigenvalue weighted by atomic mass is 32.1. The number of hydrogen-bond donors (Lipinski definition) is 2. The first kappa shape index (κ1) is 21.8. The third kappa shape index (κ3) is 6.56. The predicted octanol–water partition coefficient (Wildman–Crippen LogP) is 2.86. The molecular weight excluding hydrogens is 372 g/mol. The second-order valence-electron chi connectivity index (χ2n) is 7.36. The molecule has 0 aliphatic carbocycles. The number of nitrogens with one attached hydrogen (secondary N) is 2. The molecule has 0 bridgehead atoms. The Morgan fingerprint density at radius 3 is 2.64 bits per heavy atom. The highest BCUT2D eigenvalue weighted by molar-refractivity contribution is 7.09. The minimum Gasteiger partial charge on any atom is -0.497 e. The molecular formula is C21H30N4O2S. The molecule has 0 radical (unpaired) electrons. The van der Waals surface area contributed by atoms with Gasteiger partial charge in [-0.25, -0.2) is 4.99 Å². The number of carbonyl (C=O) groups is 1. The maximum Gasteiger partial charge on any atom is 0.243 e. The van der Waals surface area contributed by atoms with Crippen LogP contribution in [0.25, 0.3) is 0 Å². The Kier molecular flexibility index (Phi) is 7.87. The van der Waals surface area contributed by atoms with Crippen LogP contribution >= 0.6 is 11.3 Å². The fraction of sp³-hybridized carbons (Fsp3) is 0.429. The molecule has 0 fully saturated rings. The van der Waals surface area contributed by atoms with Gasteiger partial charge >= 0.3 is 0 Å². The molecule has 6 nitrogen and oxygen atoms in total. The van der Waals surface area contributed by atoms with Gasteiger partial charge in [0.05, 0.1) is 13.7 Å². The Hall–Kier alpha value is -2.54. The lowest BCUT2D eigenvalue weighted by atomic mass is 9.84. The van der Waals surface area contributed by atoms with E-state index in [0.29, 0.717) is 19.0 Å². The van der Waals surface area contributed by atoms with Gasteiger partial charge in [0.2, 0.25) is 5.91 Å². The van der Waals surface area contributed by atoms with Crippen LogP contribution in [0.3, 0.4) is 0 Å². The molecule has 0 atom stereocenters. The first-order chi connectivity index (χ1) is 13.3. The van der Waals surface area contributed by atoms with Crippen LogP contribution in [0, 0.1) is 0 Å². The number of benzene rings is 1. The van der Waals surface area contributed by atoms with Crippen molar-refractivity contribution in [2.24, 2.45) is 4.99 Å². The number of methoxy groups -OCH3 is 1. The molecule has 1 aromatic heterocycles. The molecule has 0 aliphatic rings. The lowest BCUT2D eigenvalue weighted by molar-refractivity contribution is -0.127. The lowest BCUT2D eigenvalue weighted by Crippen LogP contribution is -2.43. The monoisotopic (exact) mass is 402 g/mol. The molecule has 0 saturated carbocycles. The Bertz CT molecular complexity index is 785. The van der Waals surface area contributed by atoms with E-state index >= 15 is 0 Å². The molecule has 2 aromatic rings. The Morgan fingerprint density at radius 1 is 1.21 bits per heavy atom. The van der Waals surface area contributed by atoms with Crippen molar-refractivity contribution < 1.29 is 9.53 Å². The number of guanidine groups is 1. The van der Waals surface area contributed by atoms with Gasteiger partial charge < -0.3 is 20.3 Å². The summed E-state index contributed by atoms with van der Waals surface area (Å²) in [6, 6.07) is 12.2. The highest BCUT2D eigenvalue weighted by Crippen LogP contribution is 2.25. The molecule has 28 heavy (non-hydrogen) atoms. The summed E-state index contributed by atoms with van der Waals surface area (Å²) in [6.07, 6.45) is 0. The fourth-order valence-corrected chi connectivity index (χ4v) is 3.14.